The first-order valence-corrected chi connectivity index (χ1v) is 4.89. The van der Waals surface area contributed by atoms with Gasteiger partial charge >= 0.3 is 5.97 Å². The van der Waals surface area contributed by atoms with Gasteiger partial charge in [-0.15, -0.1) is 0 Å². The minimum absolute atomic E-state index is 0.129. The van der Waals surface area contributed by atoms with Gasteiger partial charge in [0, 0.05) is 12.4 Å². The Morgan fingerprint density at radius 3 is 2.93 bits per heavy atom. The molecule has 0 bridgehead atoms. The highest BCUT2D eigenvalue weighted by molar-refractivity contribution is 5.71. The second kappa shape index (κ2) is 3.78. The van der Waals surface area contributed by atoms with E-state index in [0.29, 0.717) is 5.92 Å². The van der Waals surface area contributed by atoms with Crippen LogP contribution in [0.4, 0.5) is 0 Å². The molecule has 0 saturated heterocycles. The number of carboxylic acids is 1. The summed E-state index contributed by atoms with van der Waals surface area (Å²) in [5.74, 6) is -0.461. The highest BCUT2D eigenvalue weighted by atomic mass is 16.4. The zero-order valence-electron chi connectivity index (χ0n) is 7.89. The minimum atomic E-state index is -0.648. The number of hydrogen-bond acceptors (Lipinski definition) is 2. The molecule has 1 fully saturated rings. The molecule has 1 aliphatic carbocycles. The van der Waals surface area contributed by atoms with Crippen LogP contribution in [-0.4, -0.2) is 16.1 Å². The van der Waals surface area contributed by atoms with E-state index < -0.39 is 5.97 Å². The van der Waals surface area contributed by atoms with Gasteiger partial charge in [0.05, 0.1) is 5.92 Å². The molecular formula is C11H13NO2. The van der Waals surface area contributed by atoms with Gasteiger partial charge in [-0.1, -0.05) is 6.07 Å². The van der Waals surface area contributed by atoms with Crippen LogP contribution in [0.25, 0.3) is 0 Å². The van der Waals surface area contributed by atoms with Gasteiger partial charge in [-0.05, 0) is 36.8 Å². The minimum Gasteiger partial charge on any atom is -0.481 e. The summed E-state index contributed by atoms with van der Waals surface area (Å²) in [5.41, 5.74) is 1.14. The van der Waals surface area contributed by atoms with Crippen LogP contribution in [0.2, 0.25) is 0 Å². The maximum atomic E-state index is 10.8. The Hall–Kier alpha value is -1.38. The maximum absolute atomic E-state index is 10.8. The lowest BCUT2D eigenvalue weighted by molar-refractivity contribution is -0.147. The van der Waals surface area contributed by atoms with Crippen LogP contribution in [0.15, 0.2) is 24.5 Å². The Kier molecular flexibility index (Phi) is 2.48. The zero-order chi connectivity index (χ0) is 9.97. The molecule has 74 valence electrons. The van der Waals surface area contributed by atoms with Crippen molar-refractivity contribution in [3.05, 3.63) is 30.1 Å². The number of hydrogen-bond donors (Lipinski definition) is 1. The zero-order valence-corrected chi connectivity index (χ0v) is 7.89. The smallest absolute Gasteiger partial charge is 0.306 e. The van der Waals surface area contributed by atoms with Crippen molar-refractivity contribution in [3.8, 4) is 0 Å². The number of carboxylic acid groups (broad SMARTS) is 1. The van der Waals surface area contributed by atoms with Crippen LogP contribution in [-0.2, 0) is 11.2 Å². The van der Waals surface area contributed by atoms with Crippen LogP contribution in [0, 0.1) is 11.8 Å². The van der Waals surface area contributed by atoms with Crippen molar-refractivity contribution in [3.63, 3.8) is 0 Å². The van der Waals surface area contributed by atoms with E-state index in [-0.39, 0.29) is 5.92 Å². The summed E-state index contributed by atoms with van der Waals surface area (Å²) in [5, 5.41) is 8.87. The van der Waals surface area contributed by atoms with E-state index in [1.165, 1.54) is 0 Å². The Bertz CT molecular complexity index is 323. The van der Waals surface area contributed by atoms with Gasteiger partial charge < -0.3 is 5.11 Å². The molecule has 0 aromatic carbocycles. The van der Waals surface area contributed by atoms with Crippen molar-refractivity contribution in [1.82, 2.24) is 4.98 Å². The third kappa shape index (κ3) is 1.76. The average Bonchev–Trinajstić information content (AvgIpc) is 2.13. The molecule has 0 radical (unpaired) electrons. The van der Waals surface area contributed by atoms with Gasteiger partial charge in [-0.2, -0.15) is 0 Å². The van der Waals surface area contributed by atoms with Gasteiger partial charge in [0.15, 0.2) is 0 Å². The lowest BCUT2D eigenvalue weighted by Crippen LogP contribution is -2.34. The first-order valence-electron chi connectivity index (χ1n) is 4.89. The molecule has 0 spiro atoms. The first kappa shape index (κ1) is 9.19. The first-order chi connectivity index (χ1) is 6.77. The molecule has 3 heteroatoms. The van der Waals surface area contributed by atoms with E-state index in [4.69, 9.17) is 5.11 Å². The number of carbonyl (C=O) groups is 1. The number of rotatable bonds is 3. The summed E-state index contributed by atoms with van der Waals surface area (Å²) in [6.45, 7) is 0. The molecule has 0 aliphatic heterocycles. The highest BCUT2D eigenvalue weighted by Crippen LogP contribution is 2.36. The number of aromatic nitrogens is 1. The third-order valence-electron chi connectivity index (χ3n) is 2.96. The highest BCUT2D eigenvalue weighted by Gasteiger charge is 2.36. The second-order valence-corrected chi connectivity index (χ2v) is 3.85. The standard InChI is InChI=1S/C11H13NO2/c13-11(14)10-4-3-9(10)6-8-2-1-5-12-7-8/h1-2,5,7,9-10H,3-4,6H2,(H,13,14). The van der Waals surface area contributed by atoms with Crippen LogP contribution >= 0.6 is 0 Å². The SMILES string of the molecule is O=C(O)C1CCC1Cc1cccnc1. The Morgan fingerprint density at radius 2 is 2.43 bits per heavy atom. The lowest BCUT2D eigenvalue weighted by atomic mass is 9.71. The summed E-state index contributed by atoms with van der Waals surface area (Å²) in [7, 11) is 0. The Labute approximate surface area is 82.8 Å². The summed E-state index contributed by atoms with van der Waals surface area (Å²) >= 11 is 0. The second-order valence-electron chi connectivity index (χ2n) is 3.85. The molecule has 1 aromatic heterocycles. The van der Waals surface area contributed by atoms with Crippen molar-refractivity contribution in [2.75, 3.05) is 0 Å². The predicted octanol–water partition coefficient (Wildman–Crippen LogP) is 1.73. The molecule has 14 heavy (non-hydrogen) atoms. The lowest BCUT2D eigenvalue weighted by Gasteiger charge is -2.33. The van der Waals surface area contributed by atoms with Crippen LogP contribution < -0.4 is 0 Å². The van der Waals surface area contributed by atoms with Crippen molar-refractivity contribution >= 4 is 5.97 Å². The molecule has 3 nitrogen and oxygen atoms in total. The van der Waals surface area contributed by atoms with Gasteiger partial charge in [0.2, 0.25) is 0 Å². The fourth-order valence-electron chi connectivity index (χ4n) is 1.96. The summed E-state index contributed by atoms with van der Waals surface area (Å²) in [4.78, 5) is 14.8. The molecule has 1 heterocycles. The molecule has 1 N–H and O–H groups in total. The van der Waals surface area contributed by atoms with E-state index in [1.807, 2.05) is 18.3 Å². The molecule has 1 aliphatic rings. The van der Waals surface area contributed by atoms with Crippen molar-refractivity contribution in [1.29, 1.82) is 0 Å². The van der Waals surface area contributed by atoms with Gasteiger partial charge in [-0.25, -0.2) is 0 Å². The fourth-order valence-corrected chi connectivity index (χ4v) is 1.96. The normalized spacial score (nSPS) is 25.4. The quantitative estimate of drug-likeness (QED) is 0.791. The molecule has 0 amide bonds. The van der Waals surface area contributed by atoms with Crippen molar-refractivity contribution in [2.24, 2.45) is 11.8 Å². The molecule has 1 aromatic rings. The fraction of sp³-hybridized carbons (Fsp3) is 0.455. The van der Waals surface area contributed by atoms with E-state index in [2.05, 4.69) is 4.98 Å². The molecule has 1 saturated carbocycles. The summed E-state index contributed by atoms with van der Waals surface area (Å²) in [6, 6.07) is 3.90. The third-order valence-corrected chi connectivity index (χ3v) is 2.96. The molecule has 2 rings (SSSR count). The van der Waals surface area contributed by atoms with Crippen molar-refractivity contribution in [2.45, 2.75) is 19.3 Å². The monoisotopic (exact) mass is 191 g/mol. The number of aliphatic carboxylic acids is 1. The van der Waals surface area contributed by atoms with Gasteiger partial charge in [-0.3, -0.25) is 9.78 Å². The Morgan fingerprint density at radius 1 is 1.57 bits per heavy atom. The molecule has 2 atom stereocenters. The predicted molar refractivity (Wildman–Crippen MR) is 51.8 cm³/mol. The van der Waals surface area contributed by atoms with E-state index in [1.54, 1.807) is 6.20 Å². The van der Waals surface area contributed by atoms with Gasteiger partial charge in [0.1, 0.15) is 0 Å². The average molecular weight is 191 g/mol. The molecular weight excluding hydrogens is 178 g/mol. The van der Waals surface area contributed by atoms with Gasteiger partial charge in [0.25, 0.3) is 0 Å². The van der Waals surface area contributed by atoms with E-state index in [0.717, 1.165) is 24.8 Å². The Balaban J connectivity index is 1.96. The number of pyridine rings is 1. The van der Waals surface area contributed by atoms with Crippen LogP contribution in [0.3, 0.4) is 0 Å². The molecule has 2 unspecified atom stereocenters. The van der Waals surface area contributed by atoms with E-state index in [9.17, 15) is 4.79 Å². The topological polar surface area (TPSA) is 50.2 Å². The maximum Gasteiger partial charge on any atom is 0.306 e. The van der Waals surface area contributed by atoms with Crippen molar-refractivity contribution < 1.29 is 9.90 Å². The van der Waals surface area contributed by atoms with Crippen LogP contribution in [0.5, 0.6) is 0 Å². The summed E-state index contributed by atoms with van der Waals surface area (Å²) < 4.78 is 0. The van der Waals surface area contributed by atoms with Crippen LogP contribution in [0.1, 0.15) is 18.4 Å². The van der Waals surface area contributed by atoms with E-state index >= 15 is 0 Å². The number of nitrogens with zero attached hydrogens (tertiary/aromatic N) is 1. The summed E-state index contributed by atoms with van der Waals surface area (Å²) in [6.07, 6.45) is 6.27. The largest absolute Gasteiger partial charge is 0.481 e.